The van der Waals surface area contributed by atoms with Crippen molar-refractivity contribution in [3.05, 3.63) is 15.8 Å². The van der Waals surface area contributed by atoms with Gasteiger partial charge in [0, 0.05) is 6.04 Å². The fourth-order valence-electron chi connectivity index (χ4n) is 1.20. The summed E-state index contributed by atoms with van der Waals surface area (Å²) in [5.74, 6) is -1.15. The summed E-state index contributed by atoms with van der Waals surface area (Å²) in [4.78, 5) is 10.9. The van der Waals surface area contributed by atoms with E-state index in [0.717, 1.165) is 11.3 Å². The Morgan fingerprint density at radius 3 is 2.53 bits per heavy atom. The van der Waals surface area contributed by atoms with Gasteiger partial charge in [-0.25, -0.2) is 4.79 Å². The summed E-state index contributed by atoms with van der Waals surface area (Å²) in [5, 5.41) is 10.5. The molecule has 0 aliphatic rings. The van der Waals surface area contributed by atoms with Crippen LogP contribution in [0.1, 0.15) is 29.1 Å². The first-order valence-corrected chi connectivity index (χ1v) is 7.20. The zero-order chi connectivity index (χ0) is 13.2. The molecule has 0 aliphatic heterocycles. The smallest absolute Gasteiger partial charge is 0.348 e. The Morgan fingerprint density at radius 1 is 1.47 bits per heavy atom. The highest BCUT2D eigenvalue weighted by Gasteiger charge is 2.20. The summed E-state index contributed by atoms with van der Waals surface area (Å²) in [6.07, 6.45) is 0. The van der Waals surface area contributed by atoms with Crippen LogP contribution in [0.2, 0.25) is 0 Å². The minimum Gasteiger partial charge on any atom is -0.477 e. The van der Waals surface area contributed by atoms with Gasteiger partial charge in [-0.05, 0) is 31.7 Å². The molecule has 0 aliphatic carbocycles. The molecule has 0 radical (unpaired) electrons. The highest BCUT2D eigenvalue weighted by molar-refractivity contribution is 7.90. The predicted molar refractivity (Wildman–Crippen MR) is 66.8 cm³/mol. The third kappa shape index (κ3) is 3.69. The molecule has 0 unspecified atom stereocenters. The van der Waals surface area contributed by atoms with Crippen LogP contribution in [0.3, 0.4) is 0 Å². The molecule has 6 nitrogen and oxygen atoms in total. The van der Waals surface area contributed by atoms with Gasteiger partial charge in [0.15, 0.2) is 0 Å². The maximum absolute atomic E-state index is 11.6. The lowest BCUT2D eigenvalue weighted by molar-refractivity contribution is 0.0703. The van der Waals surface area contributed by atoms with Crippen LogP contribution in [0, 0.1) is 6.92 Å². The van der Waals surface area contributed by atoms with Crippen molar-refractivity contribution < 1.29 is 18.3 Å². The highest BCUT2D eigenvalue weighted by atomic mass is 32.2. The van der Waals surface area contributed by atoms with Crippen molar-refractivity contribution in [2.45, 2.75) is 26.8 Å². The second-order valence-electron chi connectivity index (χ2n) is 3.81. The molecule has 0 saturated carbocycles. The molecule has 0 aromatic carbocycles. The topological polar surface area (TPSA) is 95.5 Å². The van der Waals surface area contributed by atoms with E-state index in [-0.39, 0.29) is 16.6 Å². The second kappa shape index (κ2) is 5.03. The number of aromatic carboxylic acids is 1. The summed E-state index contributed by atoms with van der Waals surface area (Å²) in [6.45, 7) is 5.01. The summed E-state index contributed by atoms with van der Waals surface area (Å²) >= 11 is 0.990. The van der Waals surface area contributed by atoms with Crippen LogP contribution in [0.5, 0.6) is 0 Å². The van der Waals surface area contributed by atoms with E-state index in [1.807, 2.05) is 0 Å². The van der Waals surface area contributed by atoms with Crippen molar-refractivity contribution in [2.24, 2.45) is 0 Å². The number of hydrogen-bond donors (Lipinski definition) is 3. The number of aryl methyl sites for hydroxylation is 1. The van der Waals surface area contributed by atoms with Crippen molar-refractivity contribution >= 4 is 33.2 Å². The van der Waals surface area contributed by atoms with Gasteiger partial charge in [0.25, 0.3) is 10.2 Å². The zero-order valence-corrected chi connectivity index (χ0v) is 11.3. The van der Waals surface area contributed by atoms with Gasteiger partial charge in [-0.15, -0.1) is 11.3 Å². The molecule has 0 spiro atoms. The highest BCUT2D eigenvalue weighted by Crippen LogP contribution is 2.28. The number of anilines is 1. The molecule has 0 saturated heterocycles. The maximum atomic E-state index is 11.6. The van der Waals surface area contributed by atoms with E-state index in [2.05, 4.69) is 9.44 Å². The first-order chi connectivity index (χ1) is 7.73. The van der Waals surface area contributed by atoms with Gasteiger partial charge in [-0.2, -0.15) is 13.1 Å². The average molecular weight is 278 g/mol. The van der Waals surface area contributed by atoms with Gasteiger partial charge in [-0.1, -0.05) is 0 Å². The third-order valence-corrected chi connectivity index (χ3v) is 4.14. The molecule has 96 valence electrons. The maximum Gasteiger partial charge on any atom is 0.348 e. The van der Waals surface area contributed by atoms with Crippen LogP contribution < -0.4 is 9.44 Å². The fourth-order valence-corrected chi connectivity index (χ4v) is 3.32. The van der Waals surface area contributed by atoms with E-state index in [9.17, 15) is 13.2 Å². The lowest BCUT2D eigenvalue weighted by atomic mass is 10.3. The molecule has 0 bridgehead atoms. The fraction of sp³-hybridized carbons (Fsp3) is 0.444. The average Bonchev–Trinajstić information content (AvgIpc) is 2.44. The number of carbonyl (C=O) groups is 1. The van der Waals surface area contributed by atoms with Gasteiger partial charge in [0.2, 0.25) is 0 Å². The van der Waals surface area contributed by atoms with E-state index in [1.165, 1.54) is 0 Å². The van der Waals surface area contributed by atoms with Crippen LogP contribution >= 0.6 is 11.3 Å². The molecule has 0 fully saturated rings. The van der Waals surface area contributed by atoms with E-state index in [1.54, 1.807) is 26.2 Å². The number of nitrogens with one attached hydrogen (secondary N) is 2. The SMILES string of the molecule is Cc1csc(C(=O)O)c1NS(=O)(=O)NC(C)C. The Labute approximate surface area is 104 Å². The number of rotatable bonds is 5. The number of carboxylic acid groups (broad SMARTS) is 1. The number of hydrogen-bond acceptors (Lipinski definition) is 4. The zero-order valence-electron chi connectivity index (χ0n) is 9.64. The Bertz CT molecular complexity index is 519. The van der Waals surface area contributed by atoms with Gasteiger partial charge in [0.1, 0.15) is 4.88 Å². The second-order valence-corrected chi connectivity index (χ2v) is 6.13. The van der Waals surface area contributed by atoms with Gasteiger partial charge < -0.3 is 5.11 Å². The van der Waals surface area contributed by atoms with E-state index < -0.39 is 16.2 Å². The minimum absolute atomic E-state index is 0.0170. The van der Waals surface area contributed by atoms with Gasteiger partial charge in [0.05, 0.1) is 5.69 Å². The summed E-state index contributed by atoms with van der Waals surface area (Å²) in [6, 6.07) is -0.264. The molecule has 1 aromatic rings. The predicted octanol–water partition coefficient (Wildman–Crippen LogP) is 1.41. The molecule has 3 N–H and O–H groups in total. The lowest BCUT2D eigenvalue weighted by Crippen LogP contribution is -2.35. The van der Waals surface area contributed by atoms with Crippen molar-refractivity contribution in [3.63, 3.8) is 0 Å². The molecule has 1 aromatic heterocycles. The van der Waals surface area contributed by atoms with Crippen molar-refractivity contribution in [3.8, 4) is 0 Å². The van der Waals surface area contributed by atoms with Crippen LogP contribution in [0.4, 0.5) is 5.69 Å². The van der Waals surface area contributed by atoms with Crippen molar-refractivity contribution in [1.82, 2.24) is 4.72 Å². The van der Waals surface area contributed by atoms with E-state index in [0.29, 0.717) is 5.56 Å². The van der Waals surface area contributed by atoms with Crippen molar-refractivity contribution in [1.29, 1.82) is 0 Å². The van der Waals surface area contributed by atoms with Crippen LogP contribution in [-0.2, 0) is 10.2 Å². The molecular formula is C9H14N2O4S2. The normalized spacial score (nSPS) is 11.8. The lowest BCUT2D eigenvalue weighted by Gasteiger charge is -2.12. The summed E-state index contributed by atoms with van der Waals surface area (Å²) in [5.41, 5.74) is 0.706. The minimum atomic E-state index is -3.74. The standard InChI is InChI=1S/C9H14N2O4S2/c1-5(2)10-17(14,15)11-7-6(3)4-16-8(7)9(12)13/h4-5,10-11H,1-3H3,(H,12,13). The molecule has 0 amide bonds. The molecule has 1 rings (SSSR count). The Kier molecular flexibility index (Phi) is 4.12. The van der Waals surface area contributed by atoms with Gasteiger partial charge >= 0.3 is 5.97 Å². The Morgan fingerprint density at radius 2 is 2.06 bits per heavy atom. The molecule has 1 heterocycles. The first kappa shape index (κ1) is 13.9. The Hall–Kier alpha value is -1.12. The van der Waals surface area contributed by atoms with Crippen molar-refractivity contribution in [2.75, 3.05) is 4.72 Å². The quantitative estimate of drug-likeness (QED) is 0.758. The van der Waals surface area contributed by atoms with Gasteiger partial charge in [-0.3, -0.25) is 4.72 Å². The molecule has 8 heteroatoms. The van der Waals surface area contributed by atoms with E-state index >= 15 is 0 Å². The monoisotopic (exact) mass is 278 g/mol. The Balaban J connectivity index is 3.03. The summed E-state index contributed by atoms with van der Waals surface area (Å²) in [7, 11) is -3.74. The summed E-state index contributed by atoms with van der Waals surface area (Å²) < 4.78 is 27.8. The molecular weight excluding hydrogens is 264 g/mol. The largest absolute Gasteiger partial charge is 0.477 e. The van der Waals surface area contributed by atoms with Crippen LogP contribution in [0.25, 0.3) is 0 Å². The van der Waals surface area contributed by atoms with Crippen LogP contribution in [0.15, 0.2) is 5.38 Å². The third-order valence-electron chi connectivity index (χ3n) is 1.80. The molecule has 0 atom stereocenters. The number of carboxylic acids is 1. The van der Waals surface area contributed by atoms with E-state index in [4.69, 9.17) is 5.11 Å². The van der Waals surface area contributed by atoms with Crippen LogP contribution in [-0.4, -0.2) is 25.5 Å². The molecule has 17 heavy (non-hydrogen) atoms. The first-order valence-electron chi connectivity index (χ1n) is 4.84. The number of thiophene rings is 1.